The van der Waals surface area contributed by atoms with Gasteiger partial charge in [0.05, 0.1) is 32.5 Å². The van der Waals surface area contributed by atoms with E-state index in [-0.39, 0.29) is 0 Å². The molecule has 96 valence electrons. The van der Waals surface area contributed by atoms with Gasteiger partial charge in [0.1, 0.15) is 0 Å². The van der Waals surface area contributed by atoms with Crippen LogP contribution in [0.15, 0.2) is 22.7 Å². The zero-order chi connectivity index (χ0) is 12.2. The molecule has 0 aromatic heterocycles. The first-order chi connectivity index (χ1) is 8.78. The predicted molar refractivity (Wildman–Crippen MR) is 73.1 cm³/mol. The molecule has 1 atom stereocenters. The molecule has 0 amide bonds. The SMILES string of the molecule is Brc1ccc2c(c1)N1CCOCC1C1(COC1)C2. The fraction of sp³-hybridized carbons (Fsp3) is 0.571. The van der Waals surface area contributed by atoms with Gasteiger partial charge in [0.2, 0.25) is 0 Å². The summed E-state index contributed by atoms with van der Waals surface area (Å²) in [5.74, 6) is 0. The Morgan fingerprint density at radius 3 is 2.94 bits per heavy atom. The molecule has 1 aromatic carbocycles. The van der Waals surface area contributed by atoms with Gasteiger partial charge in [0, 0.05) is 22.1 Å². The van der Waals surface area contributed by atoms with Crippen molar-refractivity contribution >= 4 is 21.6 Å². The molecule has 0 saturated carbocycles. The number of morpholine rings is 1. The van der Waals surface area contributed by atoms with Crippen LogP contribution in [-0.4, -0.2) is 39.0 Å². The smallest absolute Gasteiger partial charge is 0.0678 e. The molecule has 3 aliphatic rings. The number of ether oxygens (including phenoxy) is 2. The maximum absolute atomic E-state index is 5.71. The Morgan fingerprint density at radius 1 is 1.28 bits per heavy atom. The largest absolute Gasteiger partial charge is 0.380 e. The van der Waals surface area contributed by atoms with E-state index in [9.17, 15) is 0 Å². The molecule has 3 heterocycles. The monoisotopic (exact) mass is 309 g/mol. The van der Waals surface area contributed by atoms with Crippen molar-refractivity contribution in [2.24, 2.45) is 5.41 Å². The van der Waals surface area contributed by atoms with Crippen LogP contribution in [-0.2, 0) is 15.9 Å². The van der Waals surface area contributed by atoms with E-state index in [1.54, 1.807) is 0 Å². The van der Waals surface area contributed by atoms with E-state index in [4.69, 9.17) is 9.47 Å². The lowest BCUT2D eigenvalue weighted by molar-refractivity contribution is -0.145. The van der Waals surface area contributed by atoms with Gasteiger partial charge in [-0.05, 0) is 24.1 Å². The first-order valence-electron chi connectivity index (χ1n) is 6.49. The summed E-state index contributed by atoms with van der Waals surface area (Å²) in [5.41, 5.74) is 3.14. The van der Waals surface area contributed by atoms with E-state index >= 15 is 0 Å². The second-order valence-corrected chi connectivity index (χ2v) is 6.50. The summed E-state index contributed by atoms with van der Waals surface area (Å²) in [5, 5.41) is 0. The Morgan fingerprint density at radius 2 is 2.17 bits per heavy atom. The minimum absolute atomic E-state index is 0.293. The van der Waals surface area contributed by atoms with Gasteiger partial charge in [-0.15, -0.1) is 0 Å². The van der Waals surface area contributed by atoms with Gasteiger partial charge in [0.25, 0.3) is 0 Å². The molecule has 0 bridgehead atoms. The van der Waals surface area contributed by atoms with Crippen LogP contribution in [0.5, 0.6) is 0 Å². The molecule has 0 radical (unpaired) electrons. The average Bonchev–Trinajstić information content (AvgIpc) is 2.36. The van der Waals surface area contributed by atoms with Crippen molar-refractivity contribution in [1.82, 2.24) is 0 Å². The normalized spacial score (nSPS) is 28.5. The van der Waals surface area contributed by atoms with E-state index in [0.717, 1.165) is 43.9 Å². The number of halogens is 1. The van der Waals surface area contributed by atoms with Gasteiger partial charge in [-0.1, -0.05) is 22.0 Å². The second-order valence-electron chi connectivity index (χ2n) is 5.59. The third kappa shape index (κ3) is 1.49. The molecule has 1 unspecified atom stereocenters. The van der Waals surface area contributed by atoms with Gasteiger partial charge in [-0.3, -0.25) is 0 Å². The predicted octanol–water partition coefficient (Wildman–Crippen LogP) is 2.23. The molecule has 0 N–H and O–H groups in total. The highest BCUT2D eigenvalue weighted by atomic mass is 79.9. The molecule has 1 spiro atoms. The van der Waals surface area contributed by atoms with Crippen molar-refractivity contribution in [2.75, 3.05) is 37.9 Å². The molecular weight excluding hydrogens is 294 g/mol. The van der Waals surface area contributed by atoms with E-state index < -0.39 is 0 Å². The lowest BCUT2D eigenvalue weighted by Gasteiger charge is -2.56. The molecule has 0 aliphatic carbocycles. The van der Waals surface area contributed by atoms with Gasteiger partial charge >= 0.3 is 0 Å². The van der Waals surface area contributed by atoms with Crippen LogP contribution in [0.4, 0.5) is 5.69 Å². The van der Waals surface area contributed by atoms with Crippen LogP contribution in [0.3, 0.4) is 0 Å². The van der Waals surface area contributed by atoms with Crippen LogP contribution < -0.4 is 4.90 Å². The highest BCUT2D eigenvalue weighted by molar-refractivity contribution is 9.10. The number of anilines is 1. The summed E-state index contributed by atoms with van der Waals surface area (Å²) in [4.78, 5) is 2.54. The zero-order valence-electron chi connectivity index (χ0n) is 10.2. The topological polar surface area (TPSA) is 21.7 Å². The number of rotatable bonds is 0. The van der Waals surface area contributed by atoms with Gasteiger partial charge in [0.15, 0.2) is 0 Å². The van der Waals surface area contributed by atoms with Crippen molar-refractivity contribution in [2.45, 2.75) is 12.5 Å². The number of hydrogen-bond acceptors (Lipinski definition) is 3. The number of benzene rings is 1. The maximum Gasteiger partial charge on any atom is 0.0678 e. The van der Waals surface area contributed by atoms with Crippen molar-refractivity contribution in [3.05, 3.63) is 28.2 Å². The molecule has 4 rings (SSSR count). The zero-order valence-corrected chi connectivity index (χ0v) is 11.8. The van der Waals surface area contributed by atoms with E-state index in [1.165, 1.54) is 11.3 Å². The standard InChI is InChI=1S/C14H16BrNO2/c15-11-2-1-10-6-14(8-18-9-14)13-7-17-4-3-16(13)12(10)5-11/h1-2,5,13H,3-4,6-9H2. The molecule has 4 heteroatoms. The quantitative estimate of drug-likeness (QED) is 0.733. The van der Waals surface area contributed by atoms with Gasteiger partial charge in [-0.25, -0.2) is 0 Å². The molecule has 1 aromatic rings. The summed E-state index contributed by atoms with van der Waals surface area (Å²) in [6.07, 6.45) is 1.13. The summed E-state index contributed by atoms with van der Waals surface area (Å²) in [6, 6.07) is 7.14. The molecule has 3 aliphatic heterocycles. The summed E-state index contributed by atoms with van der Waals surface area (Å²) in [7, 11) is 0. The highest BCUT2D eigenvalue weighted by Gasteiger charge is 2.52. The molecule has 2 saturated heterocycles. The van der Waals surface area contributed by atoms with Crippen molar-refractivity contribution in [3.63, 3.8) is 0 Å². The Kier molecular flexibility index (Phi) is 2.47. The van der Waals surface area contributed by atoms with Crippen LogP contribution in [0, 0.1) is 5.41 Å². The van der Waals surface area contributed by atoms with Gasteiger partial charge in [-0.2, -0.15) is 0 Å². The number of nitrogens with zero attached hydrogens (tertiary/aromatic N) is 1. The summed E-state index contributed by atoms with van der Waals surface area (Å²) >= 11 is 3.58. The van der Waals surface area contributed by atoms with Crippen LogP contribution in [0.25, 0.3) is 0 Å². The molecule has 3 nitrogen and oxygen atoms in total. The third-order valence-electron chi connectivity index (χ3n) is 4.51. The Labute approximate surface area is 115 Å². The van der Waals surface area contributed by atoms with Crippen molar-refractivity contribution in [3.8, 4) is 0 Å². The third-order valence-corrected chi connectivity index (χ3v) is 5.01. The second kappa shape index (κ2) is 3.95. The van der Waals surface area contributed by atoms with Crippen LogP contribution in [0.1, 0.15) is 5.56 Å². The number of fused-ring (bicyclic) bond motifs is 4. The summed E-state index contributed by atoms with van der Waals surface area (Å²) in [6.45, 7) is 4.44. The fourth-order valence-electron chi connectivity index (χ4n) is 3.51. The van der Waals surface area contributed by atoms with Crippen molar-refractivity contribution in [1.29, 1.82) is 0 Å². The first kappa shape index (κ1) is 11.3. The highest BCUT2D eigenvalue weighted by Crippen LogP contribution is 2.47. The Bertz CT molecular complexity index is 487. The molecule has 18 heavy (non-hydrogen) atoms. The fourth-order valence-corrected chi connectivity index (χ4v) is 3.86. The van der Waals surface area contributed by atoms with Crippen molar-refractivity contribution < 1.29 is 9.47 Å². The molecular formula is C14H16BrNO2. The Balaban J connectivity index is 1.81. The van der Waals surface area contributed by atoms with Crippen LogP contribution >= 0.6 is 15.9 Å². The van der Waals surface area contributed by atoms with E-state index in [1.807, 2.05) is 0 Å². The minimum Gasteiger partial charge on any atom is -0.380 e. The summed E-state index contributed by atoms with van der Waals surface area (Å²) < 4.78 is 12.4. The average molecular weight is 310 g/mol. The van der Waals surface area contributed by atoms with E-state index in [0.29, 0.717) is 11.5 Å². The lowest BCUT2D eigenvalue weighted by atomic mass is 9.69. The van der Waals surface area contributed by atoms with Crippen LogP contribution in [0.2, 0.25) is 0 Å². The lowest BCUT2D eigenvalue weighted by Crippen LogP contribution is -2.65. The Hall–Kier alpha value is -0.580. The first-order valence-corrected chi connectivity index (χ1v) is 7.28. The minimum atomic E-state index is 0.293. The molecule has 2 fully saturated rings. The van der Waals surface area contributed by atoms with E-state index in [2.05, 4.69) is 39.0 Å². The van der Waals surface area contributed by atoms with Gasteiger partial charge < -0.3 is 14.4 Å². The maximum atomic E-state index is 5.71. The number of hydrogen-bond donors (Lipinski definition) is 0.